The van der Waals surface area contributed by atoms with Gasteiger partial charge in [0.05, 0.1) is 6.04 Å². The van der Waals surface area contributed by atoms with Gasteiger partial charge in [0.1, 0.15) is 6.10 Å². The van der Waals surface area contributed by atoms with E-state index < -0.39 is 17.7 Å². The summed E-state index contributed by atoms with van der Waals surface area (Å²) in [5.74, 6) is -1.92. The van der Waals surface area contributed by atoms with E-state index in [-0.39, 0.29) is 11.9 Å². The van der Waals surface area contributed by atoms with Crippen LogP contribution in [-0.4, -0.2) is 6.10 Å². The molecule has 1 heterocycles. The minimum Gasteiger partial charge on any atom is -0.485 e. The molecule has 1 aromatic rings. The minimum absolute atomic E-state index is 0.0437. The van der Waals surface area contributed by atoms with Crippen LogP contribution in [0.1, 0.15) is 31.4 Å². The Morgan fingerprint density at radius 3 is 2.81 bits per heavy atom. The fourth-order valence-electron chi connectivity index (χ4n) is 1.95. The first-order chi connectivity index (χ1) is 7.56. The Kier molecular flexibility index (Phi) is 3.17. The summed E-state index contributed by atoms with van der Waals surface area (Å²) in [5, 5.41) is 0. The SMILES string of the molecule is CCCC1Oc2c(F)c(F)cc(Br)c2C1N. The van der Waals surface area contributed by atoms with Gasteiger partial charge in [-0.15, -0.1) is 0 Å². The number of hydrogen-bond acceptors (Lipinski definition) is 2. The van der Waals surface area contributed by atoms with Crippen LogP contribution in [0.4, 0.5) is 8.78 Å². The molecule has 0 bridgehead atoms. The zero-order valence-corrected chi connectivity index (χ0v) is 10.4. The molecular formula is C11H12BrF2NO. The summed E-state index contributed by atoms with van der Waals surface area (Å²) in [7, 11) is 0. The molecule has 16 heavy (non-hydrogen) atoms. The Morgan fingerprint density at radius 2 is 2.19 bits per heavy atom. The van der Waals surface area contributed by atoms with Crippen LogP contribution in [0.15, 0.2) is 10.5 Å². The van der Waals surface area contributed by atoms with E-state index in [1.165, 1.54) is 0 Å². The molecule has 2 nitrogen and oxygen atoms in total. The van der Waals surface area contributed by atoms with Gasteiger partial charge in [-0.25, -0.2) is 4.39 Å². The monoisotopic (exact) mass is 291 g/mol. The molecule has 88 valence electrons. The first kappa shape index (κ1) is 11.8. The zero-order valence-electron chi connectivity index (χ0n) is 8.77. The Morgan fingerprint density at radius 1 is 1.50 bits per heavy atom. The number of ether oxygens (including phenoxy) is 1. The van der Waals surface area contributed by atoms with Gasteiger partial charge in [0.2, 0.25) is 5.82 Å². The fourth-order valence-corrected chi connectivity index (χ4v) is 2.59. The van der Waals surface area contributed by atoms with Crippen molar-refractivity contribution in [2.75, 3.05) is 0 Å². The topological polar surface area (TPSA) is 35.2 Å². The van der Waals surface area contributed by atoms with Gasteiger partial charge >= 0.3 is 0 Å². The van der Waals surface area contributed by atoms with Crippen LogP contribution in [0.2, 0.25) is 0 Å². The maximum Gasteiger partial charge on any atom is 0.201 e. The van der Waals surface area contributed by atoms with E-state index >= 15 is 0 Å². The Bertz CT molecular complexity index is 425. The van der Waals surface area contributed by atoms with Gasteiger partial charge in [-0.05, 0) is 12.5 Å². The van der Waals surface area contributed by atoms with Gasteiger partial charge in [-0.3, -0.25) is 0 Å². The number of benzene rings is 1. The molecule has 0 saturated heterocycles. The summed E-state index contributed by atoms with van der Waals surface area (Å²) >= 11 is 3.18. The molecule has 1 aromatic carbocycles. The maximum atomic E-state index is 13.5. The number of nitrogens with two attached hydrogens (primary N) is 1. The second-order valence-corrected chi connectivity index (χ2v) is 4.72. The molecule has 0 amide bonds. The van der Waals surface area contributed by atoms with E-state index in [1.807, 2.05) is 6.92 Å². The third-order valence-electron chi connectivity index (χ3n) is 2.74. The van der Waals surface area contributed by atoms with Crippen LogP contribution in [0.3, 0.4) is 0 Å². The first-order valence-corrected chi connectivity index (χ1v) is 5.95. The van der Waals surface area contributed by atoms with Crippen LogP contribution >= 0.6 is 15.9 Å². The zero-order chi connectivity index (χ0) is 11.9. The average Bonchev–Trinajstić information content (AvgIpc) is 2.55. The summed E-state index contributed by atoms with van der Waals surface area (Å²) < 4.78 is 32.5. The van der Waals surface area contributed by atoms with Crippen molar-refractivity contribution in [1.29, 1.82) is 0 Å². The van der Waals surface area contributed by atoms with Crippen molar-refractivity contribution in [1.82, 2.24) is 0 Å². The fraction of sp³-hybridized carbons (Fsp3) is 0.455. The van der Waals surface area contributed by atoms with Gasteiger partial charge in [0.15, 0.2) is 11.6 Å². The highest BCUT2D eigenvalue weighted by Crippen LogP contribution is 2.43. The molecule has 2 N–H and O–H groups in total. The van der Waals surface area contributed by atoms with Crippen molar-refractivity contribution in [2.24, 2.45) is 5.73 Å². The lowest BCUT2D eigenvalue weighted by molar-refractivity contribution is 0.187. The molecule has 2 atom stereocenters. The summed E-state index contributed by atoms with van der Waals surface area (Å²) in [6.07, 6.45) is 1.34. The van der Waals surface area contributed by atoms with Crippen molar-refractivity contribution in [3.63, 3.8) is 0 Å². The van der Waals surface area contributed by atoms with Crippen LogP contribution in [0.5, 0.6) is 5.75 Å². The van der Waals surface area contributed by atoms with E-state index in [0.717, 1.165) is 18.9 Å². The second kappa shape index (κ2) is 4.30. The van der Waals surface area contributed by atoms with E-state index in [1.54, 1.807) is 0 Å². The predicted octanol–water partition coefficient (Wildman–Crippen LogP) is 3.29. The quantitative estimate of drug-likeness (QED) is 0.849. The second-order valence-electron chi connectivity index (χ2n) is 3.87. The maximum absolute atomic E-state index is 13.5. The summed E-state index contributed by atoms with van der Waals surface area (Å²) in [4.78, 5) is 0. The van der Waals surface area contributed by atoms with Gasteiger partial charge in [-0.2, -0.15) is 4.39 Å². The van der Waals surface area contributed by atoms with Crippen molar-refractivity contribution in [3.8, 4) is 5.75 Å². The van der Waals surface area contributed by atoms with Gasteiger partial charge in [0, 0.05) is 10.0 Å². The number of rotatable bonds is 2. The number of hydrogen-bond donors (Lipinski definition) is 1. The molecule has 0 aromatic heterocycles. The Labute approximate surface area is 101 Å². The first-order valence-electron chi connectivity index (χ1n) is 5.15. The van der Waals surface area contributed by atoms with Crippen molar-refractivity contribution >= 4 is 15.9 Å². The van der Waals surface area contributed by atoms with Gasteiger partial charge in [0.25, 0.3) is 0 Å². The molecule has 0 spiro atoms. The van der Waals surface area contributed by atoms with E-state index in [2.05, 4.69) is 15.9 Å². The molecule has 2 unspecified atom stereocenters. The van der Waals surface area contributed by atoms with Crippen LogP contribution < -0.4 is 10.5 Å². The molecular weight excluding hydrogens is 280 g/mol. The summed E-state index contributed by atoms with van der Waals surface area (Å²) in [6, 6.07) is 0.686. The van der Waals surface area contributed by atoms with E-state index in [9.17, 15) is 8.78 Å². The highest BCUT2D eigenvalue weighted by atomic mass is 79.9. The molecule has 0 radical (unpaired) electrons. The highest BCUT2D eigenvalue weighted by molar-refractivity contribution is 9.10. The molecule has 0 saturated carbocycles. The lowest BCUT2D eigenvalue weighted by Crippen LogP contribution is -2.25. The van der Waals surface area contributed by atoms with Crippen molar-refractivity contribution in [3.05, 3.63) is 27.7 Å². The van der Waals surface area contributed by atoms with E-state index in [4.69, 9.17) is 10.5 Å². The van der Waals surface area contributed by atoms with Crippen LogP contribution in [-0.2, 0) is 0 Å². The van der Waals surface area contributed by atoms with Crippen LogP contribution in [0, 0.1) is 11.6 Å². The smallest absolute Gasteiger partial charge is 0.201 e. The molecule has 0 fully saturated rings. The lowest BCUT2D eigenvalue weighted by atomic mass is 10.0. The van der Waals surface area contributed by atoms with Crippen molar-refractivity contribution < 1.29 is 13.5 Å². The standard InChI is InChI=1S/C11H12BrF2NO/c1-2-3-7-10(15)8-5(12)4-6(13)9(14)11(8)16-7/h4,7,10H,2-3,15H2,1H3. The van der Waals surface area contributed by atoms with E-state index in [0.29, 0.717) is 10.0 Å². The third-order valence-corrected chi connectivity index (χ3v) is 3.40. The molecule has 1 aliphatic rings. The highest BCUT2D eigenvalue weighted by Gasteiger charge is 2.36. The summed E-state index contributed by atoms with van der Waals surface area (Å²) in [5.41, 5.74) is 6.48. The number of halogens is 3. The van der Waals surface area contributed by atoms with Crippen LogP contribution in [0.25, 0.3) is 0 Å². The largest absolute Gasteiger partial charge is 0.485 e. The molecule has 0 aliphatic carbocycles. The Balaban J connectivity index is 2.46. The van der Waals surface area contributed by atoms with Gasteiger partial charge in [-0.1, -0.05) is 29.3 Å². The molecule has 1 aliphatic heterocycles. The molecule has 2 rings (SSSR count). The van der Waals surface area contributed by atoms with Gasteiger partial charge < -0.3 is 10.5 Å². The summed E-state index contributed by atoms with van der Waals surface area (Å²) in [6.45, 7) is 1.99. The minimum atomic E-state index is -0.952. The normalized spacial score (nSPS) is 23.1. The average molecular weight is 292 g/mol. The lowest BCUT2D eigenvalue weighted by Gasteiger charge is -2.13. The van der Waals surface area contributed by atoms with Crippen molar-refractivity contribution in [2.45, 2.75) is 31.9 Å². The predicted molar refractivity (Wildman–Crippen MR) is 60.3 cm³/mol. The Hall–Kier alpha value is -0.680. The third kappa shape index (κ3) is 1.72. The molecule has 5 heteroatoms. The number of fused-ring (bicyclic) bond motifs is 1.